The average Bonchev–Trinajstić information content (AvgIpc) is 2.38. The first-order valence-electron chi connectivity index (χ1n) is 5.56. The Balaban J connectivity index is 2.09. The van der Waals surface area contributed by atoms with Crippen LogP contribution in [-0.4, -0.2) is 36.0 Å². The van der Waals surface area contributed by atoms with Gasteiger partial charge in [0.15, 0.2) is 6.29 Å². The Morgan fingerprint density at radius 2 is 2.12 bits per heavy atom. The molecular weight excluding hydrogens is 206 g/mol. The SMILES string of the molecule is Cc1nc(C)c2c(n1)N1CCOC(C1)OC2. The van der Waals surface area contributed by atoms with Crippen molar-refractivity contribution in [2.75, 3.05) is 24.6 Å². The molecule has 0 aliphatic carbocycles. The van der Waals surface area contributed by atoms with Crippen molar-refractivity contribution >= 4 is 5.82 Å². The number of hydrogen-bond donors (Lipinski definition) is 0. The van der Waals surface area contributed by atoms with E-state index in [1.54, 1.807) is 0 Å². The first-order valence-corrected chi connectivity index (χ1v) is 5.56. The Labute approximate surface area is 94.4 Å². The first-order chi connectivity index (χ1) is 7.74. The normalized spacial score (nSPS) is 23.9. The largest absolute Gasteiger partial charge is 0.349 e. The molecular formula is C11H15N3O2. The summed E-state index contributed by atoms with van der Waals surface area (Å²) in [7, 11) is 0. The number of nitrogens with zero attached hydrogens (tertiary/aromatic N) is 3. The predicted molar refractivity (Wildman–Crippen MR) is 58.2 cm³/mol. The minimum atomic E-state index is -0.123. The number of ether oxygens (including phenoxy) is 2. The van der Waals surface area contributed by atoms with Crippen LogP contribution in [0.2, 0.25) is 0 Å². The van der Waals surface area contributed by atoms with Gasteiger partial charge in [-0.25, -0.2) is 9.97 Å². The van der Waals surface area contributed by atoms with Crippen LogP contribution in [0.4, 0.5) is 5.82 Å². The van der Waals surface area contributed by atoms with Crippen molar-refractivity contribution in [3.63, 3.8) is 0 Å². The fraction of sp³-hybridized carbons (Fsp3) is 0.636. The molecule has 1 aromatic rings. The molecule has 1 atom stereocenters. The maximum Gasteiger partial charge on any atom is 0.175 e. The van der Waals surface area contributed by atoms with Crippen LogP contribution < -0.4 is 4.90 Å². The summed E-state index contributed by atoms with van der Waals surface area (Å²) < 4.78 is 11.2. The van der Waals surface area contributed by atoms with Gasteiger partial charge in [0.2, 0.25) is 0 Å². The van der Waals surface area contributed by atoms with Crippen molar-refractivity contribution in [3.05, 3.63) is 17.1 Å². The van der Waals surface area contributed by atoms with Crippen LogP contribution in [0.1, 0.15) is 17.1 Å². The van der Waals surface area contributed by atoms with E-state index in [0.29, 0.717) is 13.2 Å². The molecule has 0 radical (unpaired) electrons. The van der Waals surface area contributed by atoms with Crippen molar-refractivity contribution < 1.29 is 9.47 Å². The van der Waals surface area contributed by atoms with Gasteiger partial charge >= 0.3 is 0 Å². The van der Waals surface area contributed by atoms with Crippen molar-refractivity contribution in [2.24, 2.45) is 0 Å². The van der Waals surface area contributed by atoms with E-state index in [1.165, 1.54) is 0 Å². The van der Waals surface area contributed by atoms with Gasteiger partial charge in [-0.15, -0.1) is 0 Å². The van der Waals surface area contributed by atoms with E-state index in [4.69, 9.17) is 9.47 Å². The molecule has 1 fully saturated rings. The molecule has 2 aliphatic rings. The van der Waals surface area contributed by atoms with E-state index < -0.39 is 0 Å². The van der Waals surface area contributed by atoms with E-state index in [2.05, 4.69) is 14.9 Å². The summed E-state index contributed by atoms with van der Waals surface area (Å²) in [6.45, 7) is 6.82. The number of rotatable bonds is 0. The third kappa shape index (κ3) is 1.56. The Morgan fingerprint density at radius 3 is 3.00 bits per heavy atom. The zero-order valence-corrected chi connectivity index (χ0v) is 9.56. The first kappa shape index (κ1) is 9.99. The molecule has 0 aromatic carbocycles. The number of fused-ring (bicyclic) bond motifs is 4. The van der Waals surface area contributed by atoms with Gasteiger partial charge in [0, 0.05) is 17.8 Å². The lowest BCUT2D eigenvalue weighted by Gasteiger charge is -2.31. The molecule has 86 valence electrons. The summed E-state index contributed by atoms with van der Waals surface area (Å²) in [4.78, 5) is 11.2. The lowest BCUT2D eigenvalue weighted by molar-refractivity contribution is -0.149. The highest BCUT2D eigenvalue weighted by Gasteiger charge is 2.28. The second-order valence-electron chi connectivity index (χ2n) is 4.22. The third-order valence-electron chi connectivity index (χ3n) is 3.05. The van der Waals surface area contributed by atoms with Crippen LogP contribution in [-0.2, 0) is 16.1 Å². The monoisotopic (exact) mass is 221 g/mol. The van der Waals surface area contributed by atoms with E-state index in [0.717, 1.165) is 36.0 Å². The van der Waals surface area contributed by atoms with Gasteiger partial charge < -0.3 is 14.4 Å². The van der Waals surface area contributed by atoms with Gasteiger partial charge in [0.1, 0.15) is 11.6 Å². The number of morpholine rings is 1. The molecule has 0 spiro atoms. The fourth-order valence-electron chi connectivity index (χ4n) is 2.24. The van der Waals surface area contributed by atoms with Gasteiger partial charge in [-0.05, 0) is 13.8 Å². The predicted octanol–water partition coefficient (Wildman–Crippen LogP) is 0.786. The Hall–Kier alpha value is -1.20. The third-order valence-corrected chi connectivity index (χ3v) is 3.05. The zero-order valence-electron chi connectivity index (χ0n) is 9.56. The van der Waals surface area contributed by atoms with E-state index in [1.807, 2.05) is 13.8 Å². The van der Waals surface area contributed by atoms with Gasteiger partial charge in [-0.3, -0.25) is 0 Å². The molecule has 5 heteroatoms. The lowest BCUT2D eigenvalue weighted by Crippen LogP contribution is -2.42. The van der Waals surface area contributed by atoms with Crippen LogP contribution >= 0.6 is 0 Å². The van der Waals surface area contributed by atoms with Gasteiger partial charge in [0.25, 0.3) is 0 Å². The Bertz CT molecular complexity index is 422. The molecule has 2 bridgehead atoms. The highest BCUT2D eigenvalue weighted by Crippen LogP contribution is 2.27. The smallest absolute Gasteiger partial charge is 0.175 e. The number of aryl methyl sites for hydroxylation is 2. The maximum atomic E-state index is 5.68. The second kappa shape index (κ2) is 3.68. The van der Waals surface area contributed by atoms with E-state index in [9.17, 15) is 0 Å². The van der Waals surface area contributed by atoms with Crippen molar-refractivity contribution in [2.45, 2.75) is 26.7 Å². The van der Waals surface area contributed by atoms with Crippen LogP contribution in [0.25, 0.3) is 0 Å². The topological polar surface area (TPSA) is 47.5 Å². The van der Waals surface area contributed by atoms with Crippen LogP contribution in [0.15, 0.2) is 0 Å². The molecule has 1 aromatic heterocycles. The summed E-state index contributed by atoms with van der Waals surface area (Å²) in [5.41, 5.74) is 2.11. The summed E-state index contributed by atoms with van der Waals surface area (Å²) >= 11 is 0. The minimum Gasteiger partial charge on any atom is -0.349 e. The Kier molecular flexibility index (Phi) is 2.29. The Morgan fingerprint density at radius 1 is 1.25 bits per heavy atom. The molecule has 0 saturated carbocycles. The molecule has 1 saturated heterocycles. The number of anilines is 1. The van der Waals surface area contributed by atoms with Crippen molar-refractivity contribution in [1.82, 2.24) is 9.97 Å². The minimum absolute atomic E-state index is 0.123. The van der Waals surface area contributed by atoms with Gasteiger partial charge in [-0.1, -0.05) is 0 Å². The van der Waals surface area contributed by atoms with Crippen LogP contribution in [0, 0.1) is 13.8 Å². The van der Waals surface area contributed by atoms with E-state index >= 15 is 0 Å². The lowest BCUT2D eigenvalue weighted by atomic mass is 10.2. The molecule has 5 nitrogen and oxygen atoms in total. The molecule has 2 aliphatic heterocycles. The molecule has 16 heavy (non-hydrogen) atoms. The van der Waals surface area contributed by atoms with Gasteiger partial charge in [-0.2, -0.15) is 0 Å². The highest BCUT2D eigenvalue weighted by molar-refractivity contribution is 5.49. The molecule has 1 unspecified atom stereocenters. The summed E-state index contributed by atoms with van der Waals surface area (Å²) in [5.74, 6) is 1.84. The highest BCUT2D eigenvalue weighted by atomic mass is 16.7. The summed E-state index contributed by atoms with van der Waals surface area (Å²) in [6.07, 6.45) is -0.123. The van der Waals surface area contributed by atoms with Crippen LogP contribution in [0.3, 0.4) is 0 Å². The van der Waals surface area contributed by atoms with Crippen molar-refractivity contribution in [1.29, 1.82) is 0 Å². The molecule has 3 rings (SSSR count). The maximum absolute atomic E-state index is 5.68. The zero-order chi connectivity index (χ0) is 11.1. The van der Waals surface area contributed by atoms with Crippen LogP contribution in [0.5, 0.6) is 0 Å². The quantitative estimate of drug-likeness (QED) is 0.648. The molecule has 0 N–H and O–H groups in total. The molecule has 0 amide bonds. The van der Waals surface area contributed by atoms with E-state index in [-0.39, 0.29) is 6.29 Å². The van der Waals surface area contributed by atoms with Gasteiger partial charge in [0.05, 0.1) is 19.8 Å². The number of aromatic nitrogens is 2. The average molecular weight is 221 g/mol. The standard InChI is InChI=1S/C11H15N3O2/c1-7-9-6-16-10-5-14(3-4-15-10)11(9)13-8(2)12-7/h10H,3-6H2,1-2H3. The fourth-order valence-corrected chi connectivity index (χ4v) is 2.24. The second-order valence-corrected chi connectivity index (χ2v) is 4.22. The van der Waals surface area contributed by atoms with Crippen molar-refractivity contribution in [3.8, 4) is 0 Å². The number of hydrogen-bond acceptors (Lipinski definition) is 5. The summed E-state index contributed by atoms with van der Waals surface area (Å²) in [5, 5.41) is 0. The molecule has 3 heterocycles. The summed E-state index contributed by atoms with van der Waals surface area (Å²) in [6, 6.07) is 0.